The van der Waals surface area contributed by atoms with E-state index >= 15 is 0 Å². The topological polar surface area (TPSA) is 40.5 Å². The lowest BCUT2D eigenvalue weighted by Crippen LogP contribution is -2.28. The van der Waals surface area contributed by atoms with E-state index in [0.29, 0.717) is 28.3 Å². The summed E-state index contributed by atoms with van der Waals surface area (Å²) in [5, 5.41) is 23.0. The number of aliphatic hydroxyl groups excluding tert-OH is 2. The normalized spacial score (nSPS) is 18.2. The zero-order valence-electron chi connectivity index (χ0n) is 22.8. The van der Waals surface area contributed by atoms with E-state index in [9.17, 15) is 36.6 Å². The fourth-order valence-electron chi connectivity index (χ4n) is 6.31. The fraction of sp³-hybridized carbons (Fsp3) is 0.143. The molecule has 43 heavy (non-hydrogen) atoms. The van der Waals surface area contributed by atoms with E-state index in [1.165, 1.54) is 0 Å². The summed E-state index contributed by atoms with van der Waals surface area (Å²) >= 11 is 0. The molecule has 0 saturated heterocycles. The molecule has 4 aromatic carbocycles. The van der Waals surface area contributed by atoms with Crippen LogP contribution in [0.2, 0.25) is 0 Å². The number of halogens is 6. The molecule has 0 radical (unpaired) electrons. The lowest BCUT2D eigenvalue weighted by molar-refractivity contribution is 0.282. The largest absolute Gasteiger partial charge is 0.392 e. The smallest absolute Gasteiger partial charge is 0.194 e. The molecule has 0 saturated carbocycles. The highest BCUT2D eigenvalue weighted by Gasteiger charge is 2.41. The van der Waals surface area contributed by atoms with Gasteiger partial charge in [-0.3, -0.25) is 0 Å². The Morgan fingerprint density at radius 3 is 1.98 bits per heavy atom. The first kappa shape index (κ1) is 28.7. The monoisotopic (exact) mass is 590 g/mol. The Hall–Kier alpha value is -4.40. The van der Waals surface area contributed by atoms with Crippen LogP contribution in [0.25, 0.3) is 33.0 Å². The zero-order chi connectivity index (χ0) is 30.6. The van der Waals surface area contributed by atoms with Crippen molar-refractivity contribution in [1.29, 1.82) is 0 Å². The van der Waals surface area contributed by atoms with Crippen molar-refractivity contribution in [2.24, 2.45) is 5.41 Å². The minimum Gasteiger partial charge on any atom is -0.392 e. The van der Waals surface area contributed by atoms with Crippen molar-refractivity contribution in [3.8, 4) is 11.1 Å². The van der Waals surface area contributed by atoms with E-state index < -0.39 is 53.5 Å². The van der Waals surface area contributed by atoms with Crippen LogP contribution in [0.3, 0.4) is 0 Å². The second-order valence-electron chi connectivity index (χ2n) is 10.8. The van der Waals surface area contributed by atoms with E-state index in [1.54, 1.807) is 36.4 Å². The third-order valence-electron chi connectivity index (χ3n) is 8.37. The maximum Gasteiger partial charge on any atom is 0.194 e. The number of hydrogen-bond donors (Lipinski definition) is 2. The van der Waals surface area contributed by atoms with Gasteiger partial charge in [-0.05, 0) is 104 Å². The third kappa shape index (κ3) is 4.53. The van der Waals surface area contributed by atoms with Crippen molar-refractivity contribution in [1.82, 2.24) is 0 Å². The van der Waals surface area contributed by atoms with Gasteiger partial charge < -0.3 is 10.2 Å². The van der Waals surface area contributed by atoms with Crippen molar-refractivity contribution in [3.63, 3.8) is 0 Å². The lowest BCUT2D eigenvalue weighted by Gasteiger charge is -2.42. The van der Waals surface area contributed by atoms with Gasteiger partial charge in [-0.15, -0.1) is 0 Å². The number of hydrogen-bond acceptors (Lipinski definition) is 2. The van der Waals surface area contributed by atoms with Gasteiger partial charge in [0.15, 0.2) is 34.9 Å². The quantitative estimate of drug-likeness (QED) is 0.181. The molecular formula is C35H24F6O2. The van der Waals surface area contributed by atoms with Gasteiger partial charge in [-0.2, -0.15) is 0 Å². The van der Waals surface area contributed by atoms with E-state index in [0.717, 1.165) is 29.8 Å². The molecule has 0 spiro atoms. The minimum atomic E-state index is -1.63. The molecule has 6 rings (SSSR count). The molecule has 1 unspecified atom stereocenters. The van der Waals surface area contributed by atoms with Crippen LogP contribution in [0.4, 0.5) is 26.3 Å². The Balaban J connectivity index is 1.76. The van der Waals surface area contributed by atoms with Crippen LogP contribution in [-0.2, 0) is 6.61 Å². The molecule has 0 fully saturated rings. The first-order chi connectivity index (χ1) is 20.6. The Kier molecular flexibility index (Phi) is 7.15. The van der Waals surface area contributed by atoms with Gasteiger partial charge in [0, 0.05) is 5.41 Å². The lowest BCUT2D eigenvalue weighted by atomic mass is 9.61. The standard InChI is InChI=1S/C35H24F6O2/c1-35-9-5-4-7-21(35)15-24(20-13-29(38)34(41)30(39)14-20)26(17-43)32(35)31-22-8-3-2-6-18(22)10-23(25(31)16-42)19-11-27(36)33(40)28(37)12-19/h2-8,10-15,42-43H,9,16-17H2,1H3. The van der Waals surface area contributed by atoms with Crippen LogP contribution in [0.15, 0.2) is 90.0 Å². The molecule has 0 amide bonds. The predicted molar refractivity (Wildman–Crippen MR) is 153 cm³/mol. The van der Waals surface area contributed by atoms with Crippen LogP contribution in [0.5, 0.6) is 0 Å². The molecule has 2 nitrogen and oxygen atoms in total. The molecule has 0 aromatic heterocycles. The average molecular weight is 591 g/mol. The van der Waals surface area contributed by atoms with Gasteiger partial charge in [0.05, 0.1) is 13.2 Å². The molecule has 8 heteroatoms. The fourth-order valence-corrected chi connectivity index (χ4v) is 6.31. The van der Waals surface area contributed by atoms with E-state index in [4.69, 9.17) is 0 Å². The molecule has 0 aliphatic heterocycles. The second-order valence-corrected chi connectivity index (χ2v) is 10.8. The van der Waals surface area contributed by atoms with Gasteiger partial charge >= 0.3 is 0 Å². The van der Waals surface area contributed by atoms with E-state index in [1.807, 2.05) is 25.2 Å². The highest BCUT2D eigenvalue weighted by molar-refractivity contribution is 6.06. The molecule has 2 aliphatic rings. The van der Waals surface area contributed by atoms with Crippen molar-refractivity contribution in [2.75, 3.05) is 6.61 Å². The van der Waals surface area contributed by atoms with Crippen molar-refractivity contribution >= 4 is 21.9 Å². The van der Waals surface area contributed by atoms with Crippen molar-refractivity contribution in [3.05, 3.63) is 142 Å². The van der Waals surface area contributed by atoms with Crippen LogP contribution in [-0.4, -0.2) is 16.8 Å². The summed E-state index contributed by atoms with van der Waals surface area (Å²) in [6, 6.07) is 12.1. The Bertz CT molecular complexity index is 1910. The first-order valence-electron chi connectivity index (χ1n) is 13.5. The number of aliphatic hydroxyl groups is 2. The van der Waals surface area contributed by atoms with Crippen molar-refractivity contribution < 1.29 is 36.6 Å². The van der Waals surface area contributed by atoms with Crippen LogP contribution < -0.4 is 0 Å². The third-order valence-corrected chi connectivity index (χ3v) is 8.37. The molecular weight excluding hydrogens is 566 g/mol. The van der Waals surface area contributed by atoms with E-state index in [-0.39, 0.29) is 33.4 Å². The van der Waals surface area contributed by atoms with Gasteiger partial charge in [0.25, 0.3) is 0 Å². The van der Waals surface area contributed by atoms with Gasteiger partial charge in [0.2, 0.25) is 0 Å². The molecule has 218 valence electrons. The summed E-state index contributed by atoms with van der Waals surface area (Å²) < 4.78 is 85.6. The summed E-state index contributed by atoms with van der Waals surface area (Å²) in [5.41, 5.74) is 1.81. The molecule has 2 aliphatic carbocycles. The maximum atomic E-state index is 14.4. The van der Waals surface area contributed by atoms with Crippen LogP contribution in [0.1, 0.15) is 30.0 Å². The number of fused-ring (bicyclic) bond motifs is 2. The first-order valence-corrected chi connectivity index (χ1v) is 13.5. The van der Waals surface area contributed by atoms with Crippen LogP contribution >= 0.6 is 0 Å². The molecule has 0 heterocycles. The highest BCUT2D eigenvalue weighted by Crippen LogP contribution is 2.56. The van der Waals surface area contributed by atoms with Crippen molar-refractivity contribution in [2.45, 2.75) is 20.0 Å². The molecule has 4 aromatic rings. The maximum absolute atomic E-state index is 14.4. The SMILES string of the molecule is CC12CC=CC=C1C=C(c1cc(F)c(F)c(F)c1)C(CO)=C2c1c(CO)c(-c2cc(F)c(F)c(F)c2)cc2ccccc12. The van der Waals surface area contributed by atoms with Crippen LogP contribution in [0, 0.1) is 40.3 Å². The molecule has 1 atom stereocenters. The minimum absolute atomic E-state index is 0.0101. The number of benzene rings is 4. The Morgan fingerprint density at radius 1 is 0.767 bits per heavy atom. The Morgan fingerprint density at radius 2 is 1.37 bits per heavy atom. The zero-order valence-corrected chi connectivity index (χ0v) is 22.8. The Labute approximate surface area is 243 Å². The van der Waals surface area contributed by atoms with Gasteiger partial charge in [0.1, 0.15) is 0 Å². The van der Waals surface area contributed by atoms with E-state index in [2.05, 4.69) is 0 Å². The summed E-state index contributed by atoms with van der Waals surface area (Å²) in [6.07, 6.45) is 7.70. The summed E-state index contributed by atoms with van der Waals surface area (Å²) in [5.74, 6) is -8.85. The highest BCUT2D eigenvalue weighted by atomic mass is 19.2. The summed E-state index contributed by atoms with van der Waals surface area (Å²) in [4.78, 5) is 0. The van der Waals surface area contributed by atoms with Gasteiger partial charge in [-0.1, -0.05) is 49.4 Å². The number of rotatable bonds is 5. The summed E-state index contributed by atoms with van der Waals surface area (Å²) in [6.45, 7) is 0.714. The average Bonchev–Trinajstić information content (AvgIpc) is 3.00. The molecule has 2 N–H and O–H groups in total. The predicted octanol–water partition coefficient (Wildman–Crippen LogP) is 8.57. The van der Waals surface area contributed by atoms with Gasteiger partial charge in [-0.25, -0.2) is 26.3 Å². The summed E-state index contributed by atoms with van der Waals surface area (Å²) in [7, 11) is 0. The molecule has 0 bridgehead atoms. The second kappa shape index (κ2) is 10.7. The number of allylic oxidation sites excluding steroid dienone is 6.